The van der Waals surface area contributed by atoms with Gasteiger partial charge < -0.3 is 14.6 Å². The number of fused-ring (bicyclic) bond motifs is 1. The summed E-state index contributed by atoms with van der Waals surface area (Å²) in [5.74, 6) is -0.403. The number of rotatable bonds is 9. The Morgan fingerprint density at radius 3 is 2.56 bits per heavy atom. The molecule has 0 unspecified atom stereocenters. The topological polar surface area (TPSA) is 128 Å². The molecule has 2 aromatic rings. The fraction of sp³-hybridized carbons (Fsp3) is 0.591. The Hall–Kier alpha value is -3.17. The highest BCUT2D eigenvalue weighted by atomic mass is 16.6. The molecule has 1 saturated heterocycles. The van der Waals surface area contributed by atoms with Crippen molar-refractivity contribution < 1.29 is 18.9 Å². The average Bonchev–Trinajstić information content (AvgIpc) is 3.09. The summed E-state index contributed by atoms with van der Waals surface area (Å²) < 4.78 is 6.48. The van der Waals surface area contributed by atoms with Crippen molar-refractivity contribution in [1.29, 1.82) is 0 Å². The van der Waals surface area contributed by atoms with Crippen molar-refractivity contribution in [1.82, 2.24) is 14.8 Å². The van der Waals surface area contributed by atoms with Gasteiger partial charge in [0.25, 0.3) is 5.69 Å². The number of nitro benzene ring substituents is 1. The summed E-state index contributed by atoms with van der Waals surface area (Å²) in [5, 5.41) is 13.9. The number of hydrogen-bond donors (Lipinski definition) is 1. The van der Waals surface area contributed by atoms with Gasteiger partial charge in [-0.05, 0) is 38.2 Å². The smallest absolute Gasteiger partial charge is 0.407 e. The molecule has 1 aliphatic heterocycles. The van der Waals surface area contributed by atoms with Crippen LogP contribution in [-0.2, 0) is 16.1 Å². The molecule has 0 spiro atoms. The minimum atomic E-state index is -0.601. The lowest BCUT2D eigenvalue weighted by atomic mass is 9.98. The molecular weight excluding hydrogens is 416 g/mol. The molecule has 1 N–H and O–H groups in total. The Balaban J connectivity index is 1.46. The number of aryl methyl sites for hydroxylation is 1. The van der Waals surface area contributed by atoms with Crippen molar-refractivity contribution in [3.8, 4) is 0 Å². The summed E-state index contributed by atoms with van der Waals surface area (Å²) in [6.07, 6.45) is 3.85. The van der Waals surface area contributed by atoms with E-state index in [1.165, 1.54) is 22.8 Å². The summed E-state index contributed by atoms with van der Waals surface area (Å²) in [4.78, 5) is 49.1. The molecule has 1 aromatic heterocycles. The standard InChI is InChI=1S/C22H30N4O6/c1-3-15(4-2)21(28)24-12-9-16(10-13-24)23-20(27)6-5-11-25-18-8-7-17(26(30)31)14-19(18)32-22(25)29/h7-8,14-16H,3-6,9-13H2,1-2H3,(H,23,27). The third-order valence-corrected chi connectivity index (χ3v) is 6.15. The summed E-state index contributed by atoms with van der Waals surface area (Å²) in [5.41, 5.74) is 0.476. The van der Waals surface area contributed by atoms with Crippen LogP contribution in [0.15, 0.2) is 27.4 Å². The number of non-ortho nitro benzene ring substituents is 1. The van der Waals surface area contributed by atoms with Crippen LogP contribution in [0.2, 0.25) is 0 Å². The Labute approximate surface area is 185 Å². The van der Waals surface area contributed by atoms with Gasteiger partial charge in [0.1, 0.15) is 0 Å². The molecule has 1 aliphatic rings. The summed E-state index contributed by atoms with van der Waals surface area (Å²) in [6.45, 7) is 5.65. The van der Waals surface area contributed by atoms with Crippen LogP contribution in [0, 0.1) is 16.0 Å². The van der Waals surface area contributed by atoms with Crippen LogP contribution >= 0.6 is 0 Å². The number of likely N-dealkylation sites (tertiary alicyclic amines) is 1. The number of nitrogens with zero attached hydrogens (tertiary/aromatic N) is 3. The number of oxazole rings is 1. The first-order valence-corrected chi connectivity index (χ1v) is 11.2. The molecule has 32 heavy (non-hydrogen) atoms. The monoisotopic (exact) mass is 446 g/mol. The van der Waals surface area contributed by atoms with Crippen LogP contribution in [0.25, 0.3) is 11.1 Å². The number of aromatic nitrogens is 1. The number of hydrogen-bond acceptors (Lipinski definition) is 6. The minimum absolute atomic E-state index is 0.0475. The van der Waals surface area contributed by atoms with Crippen molar-refractivity contribution in [3.63, 3.8) is 0 Å². The molecule has 0 atom stereocenters. The predicted octanol–water partition coefficient (Wildman–Crippen LogP) is 2.83. The van der Waals surface area contributed by atoms with Crippen molar-refractivity contribution in [2.75, 3.05) is 13.1 Å². The van der Waals surface area contributed by atoms with Crippen LogP contribution < -0.4 is 11.1 Å². The third kappa shape index (κ3) is 5.35. The maximum atomic E-state index is 12.5. The van der Waals surface area contributed by atoms with E-state index in [4.69, 9.17) is 4.42 Å². The van der Waals surface area contributed by atoms with Crippen LogP contribution in [0.5, 0.6) is 0 Å². The molecule has 10 heteroatoms. The van der Waals surface area contributed by atoms with E-state index in [2.05, 4.69) is 5.32 Å². The number of amides is 2. The first kappa shape index (κ1) is 23.5. The van der Waals surface area contributed by atoms with Crippen molar-refractivity contribution in [2.45, 2.75) is 65.0 Å². The molecule has 2 heterocycles. The maximum absolute atomic E-state index is 12.5. The summed E-state index contributed by atoms with van der Waals surface area (Å²) >= 11 is 0. The van der Waals surface area contributed by atoms with E-state index in [-0.39, 0.29) is 48.0 Å². The highest BCUT2D eigenvalue weighted by molar-refractivity contribution is 5.79. The molecule has 0 saturated carbocycles. The lowest BCUT2D eigenvalue weighted by Gasteiger charge is -2.34. The van der Waals surface area contributed by atoms with Gasteiger partial charge in [-0.1, -0.05) is 13.8 Å². The molecule has 0 bridgehead atoms. The van der Waals surface area contributed by atoms with Crippen molar-refractivity contribution in [3.05, 3.63) is 38.9 Å². The van der Waals surface area contributed by atoms with E-state index in [1.807, 2.05) is 18.7 Å². The largest absolute Gasteiger partial charge is 0.419 e. The van der Waals surface area contributed by atoms with Gasteiger partial charge in [-0.15, -0.1) is 0 Å². The molecular formula is C22H30N4O6. The van der Waals surface area contributed by atoms with Gasteiger partial charge in [0.2, 0.25) is 11.8 Å². The van der Waals surface area contributed by atoms with Crippen molar-refractivity contribution >= 4 is 28.6 Å². The van der Waals surface area contributed by atoms with E-state index < -0.39 is 10.7 Å². The zero-order chi connectivity index (χ0) is 23.3. The SMILES string of the molecule is CCC(CC)C(=O)N1CCC(NC(=O)CCCn2c(=O)oc3cc([N+](=O)[O-])ccc32)CC1. The first-order chi connectivity index (χ1) is 15.3. The number of benzene rings is 1. The van der Waals surface area contributed by atoms with Gasteiger partial charge in [-0.2, -0.15) is 0 Å². The molecule has 0 aliphatic carbocycles. The Morgan fingerprint density at radius 2 is 1.94 bits per heavy atom. The lowest BCUT2D eigenvalue weighted by molar-refractivity contribution is -0.384. The number of nitro groups is 1. The van der Waals surface area contributed by atoms with Gasteiger partial charge in [0.15, 0.2) is 5.58 Å². The maximum Gasteiger partial charge on any atom is 0.419 e. The second-order valence-corrected chi connectivity index (χ2v) is 8.21. The predicted molar refractivity (Wildman–Crippen MR) is 118 cm³/mol. The minimum Gasteiger partial charge on any atom is -0.407 e. The van der Waals surface area contributed by atoms with E-state index in [9.17, 15) is 24.5 Å². The zero-order valence-electron chi connectivity index (χ0n) is 18.5. The zero-order valence-corrected chi connectivity index (χ0v) is 18.5. The van der Waals surface area contributed by atoms with E-state index in [0.29, 0.717) is 25.0 Å². The quantitative estimate of drug-likeness (QED) is 0.466. The fourth-order valence-corrected chi connectivity index (χ4v) is 4.22. The highest BCUT2D eigenvalue weighted by Crippen LogP contribution is 2.21. The molecule has 1 aromatic carbocycles. The molecule has 3 rings (SSSR count). The van der Waals surface area contributed by atoms with E-state index >= 15 is 0 Å². The average molecular weight is 447 g/mol. The Morgan fingerprint density at radius 1 is 1.25 bits per heavy atom. The van der Waals surface area contributed by atoms with Gasteiger partial charge in [0, 0.05) is 44.1 Å². The number of carbonyl (C=O) groups is 2. The second-order valence-electron chi connectivity index (χ2n) is 8.21. The van der Waals surface area contributed by atoms with Gasteiger partial charge >= 0.3 is 5.76 Å². The molecule has 0 radical (unpaired) electrons. The van der Waals surface area contributed by atoms with Crippen LogP contribution in [-0.4, -0.2) is 45.3 Å². The fourth-order valence-electron chi connectivity index (χ4n) is 4.22. The number of piperidine rings is 1. The molecule has 1 fully saturated rings. The molecule has 10 nitrogen and oxygen atoms in total. The molecule has 174 valence electrons. The van der Waals surface area contributed by atoms with Gasteiger partial charge in [-0.3, -0.25) is 24.3 Å². The summed E-state index contributed by atoms with van der Waals surface area (Å²) in [7, 11) is 0. The van der Waals surface area contributed by atoms with Crippen LogP contribution in [0.1, 0.15) is 52.4 Å². The van der Waals surface area contributed by atoms with E-state index in [0.717, 1.165) is 25.7 Å². The molecule has 2 amide bonds. The highest BCUT2D eigenvalue weighted by Gasteiger charge is 2.27. The van der Waals surface area contributed by atoms with Gasteiger partial charge in [0.05, 0.1) is 16.5 Å². The number of nitrogens with one attached hydrogen (secondary N) is 1. The third-order valence-electron chi connectivity index (χ3n) is 6.15. The summed E-state index contributed by atoms with van der Waals surface area (Å²) in [6, 6.07) is 4.07. The second kappa shape index (κ2) is 10.4. The van der Waals surface area contributed by atoms with Crippen LogP contribution in [0.4, 0.5) is 5.69 Å². The van der Waals surface area contributed by atoms with E-state index in [1.54, 1.807) is 0 Å². The Kier molecular flexibility index (Phi) is 7.66. The van der Waals surface area contributed by atoms with Crippen LogP contribution in [0.3, 0.4) is 0 Å². The number of carbonyl (C=O) groups excluding carboxylic acids is 2. The Bertz CT molecular complexity index is 1030. The first-order valence-electron chi connectivity index (χ1n) is 11.2. The van der Waals surface area contributed by atoms with Crippen molar-refractivity contribution in [2.24, 2.45) is 5.92 Å². The lowest BCUT2D eigenvalue weighted by Crippen LogP contribution is -2.48. The normalized spacial score (nSPS) is 14.8. The van der Waals surface area contributed by atoms with Gasteiger partial charge in [-0.25, -0.2) is 4.79 Å².